The summed E-state index contributed by atoms with van der Waals surface area (Å²) in [7, 11) is 0. The van der Waals surface area contributed by atoms with E-state index in [9.17, 15) is 23.1 Å². The summed E-state index contributed by atoms with van der Waals surface area (Å²) in [5.74, 6) is 0. The van der Waals surface area contributed by atoms with Crippen LogP contribution >= 0.6 is 0 Å². The zero-order valence-electron chi connectivity index (χ0n) is 17.1. The van der Waals surface area contributed by atoms with Crippen molar-refractivity contribution < 1.29 is 27.8 Å². The fourth-order valence-corrected chi connectivity index (χ4v) is 3.70. The highest BCUT2D eigenvalue weighted by atomic mass is 19.4. The molecule has 1 unspecified atom stereocenters. The van der Waals surface area contributed by atoms with Gasteiger partial charge >= 0.3 is 12.3 Å². The van der Waals surface area contributed by atoms with Crippen LogP contribution in [0.25, 0.3) is 0 Å². The molecule has 1 aromatic carbocycles. The molecule has 0 spiro atoms. The van der Waals surface area contributed by atoms with E-state index in [0.29, 0.717) is 18.4 Å². The van der Waals surface area contributed by atoms with E-state index in [1.165, 1.54) is 12.3 Å². The SMILES string of the molecule is CC(C)(C)OC(=O)Nc1cccnc1C(O)C1(c2cccc(C(F)(F)F)c2)CCC1. The molecule has 1 saturated carbocycles. The van der Waals surface area contributed by atoms with Gasteiger partial charge in [0.1, 0.15) is 11.7 Å². The lowest BCUT2D eigenvalue weighted by atomic mass is 9.60. The van der Waals surface area contributed by atoms with E-state index in [0.717, 1.165) is 18.6 Å². The number of carbonyl (C=O) groups excluding carboxylic acids is 1. The van der Waals surface area contributed by atoms with Crippen molar-refractivity contribution in [2.45, 2.75) is 63.3 Å². The molecule has 0 saturated heterocycles. The Labute approximate surface area is 173 Å². The Morgan fingerprint density at radius 2 is 1.90 bits per heavy atom. The number of pyridine rings is 1. The van der Waals surface area contributed by atoms with E-state index in [1.54, 1.807) is 39.0 Å². The minimum absolute atomic E-state index is 0.195. The number of nitrogens with one attached hydrogen (secondary N) is 1. The largest absolute Gasteiger partial charge is 0.444 e. The molecule has 162 valence electrons. The minimum atomic E-state index is -4.47. The van der Waals surface area contributed by atoms with E-state index < -0.39 is 35.0 Å². The molecule has 8 heteroatoms. The van der Waals surface area contributed by atoms with Crippen molar-refractivity contribution in [2.75, 3.05) is 5.32 Å². The number of amides is 1. The van der Waals surface area contributed by atoms with Gasteiger partial charge in [-0.15, -0.1) is 0 Å². The summed E-state index contributed by atoms with van der Waals surface area (Å²) < 4.78 is 44.9. The topological polar surface area (TPSA) is 71.5 Å². The summed E-state index contributed by atoms with van der Waals surface area (Å²) in [5, 5.41) is 13.8. The second-order valence-corrected chi connectivity index (χ2v) is 8.55. The molecule has 0 aliphatic heterocycles. The molecule has 1 amide bonds. The number of aliphatic hydroxyl groups excluding tert-OH is 1. The third kappa shape index (κ3) is 4.59. The zero-order chi connectivity index (χ0) is 22.2. The lowest BCUT2D eigenvalue weighted by Crippen LogP contribution is -2.41. The van der Waals surface area contributed by atoms with Crippen LogP contribution in [0.3, 0.4) is 0 Å². The summed E-state index contributed by atoms with van der Waals surface area (Å²) in [5.41, 5.74) is -1.51. The number of anilines is 1. The molecule has 1 heterocycles. The number of aliphatic hydroxyl groups is 1. The number of carbonyl (C=O) groups is 1. The van der Waals surface area contributed by atoms with Crippen molar-refractivity contribution in [3.63, 3.8) is 0 Å². The number of nitrogens with zero attached hydrogens (tertiary/aromatic N) is 1. The van der Waals surface area contributed by atoms with Crippen molar-refractivity contribution >= 4 is 11.8 Å². The van der Waals surface area contributed by atoms with Gasteiger partial charge in [0.25, 0.3) is 0 Å². The van der Waals surface area contributed by atoms with Crippen LogP contribution in [-0.2, 0) is 16.3 Å². The quantitative estimate of drug-likeness (QED) is 0.673. The first-order chi connectivity index (χ1) is 13.9. The van der Waals surface area contributed by atoms with Crippen LogP contribution < -0.4 is 5.32 Å². The second-order valence-electron chi connectivity index (χ2n) is 8.55. The maximum atomic E-state index is 13.2. The van der Waals surface area contributed by atoms with Crippen LogP contribution in [0.1, 0.15) is 63.0 Å². The molecule has 3 rings (SSSR count). The van der Waals surface area contributed by atoms with E-state index >= 15 is 0 Å². The number of rotatable bonds is 4. The molecule has 1 atom stereocenters. The van der Waals surface area contributed by atoms with Crippen LogP contribution in [0.5, 0.6) is 0 Å². The van der Waals surface area contributed by atoms with E-state index in [-0.39, 0.29) is 11.4 Å². The van der Waals surface area contributed by atoms with Crippen molar-refractivity contribution in [1.82, 2.24) is 4.98 Å². The lowest BCUT2D eigenvalue weighted by Gasteiger charge is -2.46. The highest BCUT2D eigenvalue weighted by Gasteiger charge is 2.47. The van der Waals surface area contributed by atoms with Crippen molar-refractivity contribution in [3.8, 4) is 0 Å². The Bertz CT molecular complexity index is 918. The molecule has 1 aliphatic carbocycles. The molecular formula is C22H25F3N2O3. The number of benzene rings is 1. The number of hydrogen-bond donors (Lipinski definition) is 2. The zero-order valence-corrected chi connectivity index (χ0v) is 17.1. The average Bonchev–Trinajstić information content (AvgIpc) is 2.59. The number of hydrogen-bond acceptors (Lipinski definition) is 4. The fraction of sp³-hybridized carbons (Fsp3) is 0.455. The smallest absolute Gasteiger partial charge is 0.416 e. The summed E-state index contributed by atoms with van der Waals surface area (Å²) in [6.07, 6.45) is -3.10. The first-order valence-electron chi connectivity index (χ1n) is 9.73. The van der Waals surface area contributed by atoms with Gasteiger partial charge in [-0.1, -0.05) is 24.6 Å². The van der Waals surface area contributed by atoms with Gasteiger partial charge in [0.05, 0.1) is 16.9 Å². The normalized spacial score (nSPS) is 17.0. The molecule has 2 aromatic rings. The Morgan fingerprint density at radius 3 is 2.47 bits per heavy atom. The first kappa shape index (κ1) is 22.1. The molecule has 1 aromatic heterocycles. The van der Waals surface area contributed by atoms with Gasteiger partial charge in [0.15, 0.2) is 0 Å². The summed E-state index contributed by atoms with van der Waals surface area (Å²) in [6.45, 7) is 5.17. The summed E-state index contributed by atoms with van der Waals surface area (Å²) in [4.78, 5) is 16.4. The minimum Gasteiger partial charge on any atom is -0.444 e. The lowest BCUT2D eigenvalue weighted by molar-refractivity contribution is -0.137. The van der Waals surface area contributed by atoms with Gasteiger partial charge in [0, 0.05) is 11.6 Å². The molecule has 30 heavy (non-hydrogen) atoms. The van der Waals surface area contributed by atoms with Gasteiger partial charge in [0.2, 0.25) is 0 Å². The van der Waals surface area contributed by atoms with Crippen LogP contribution in [0.15, 0.2) is 42.6 Å². The molecule has 1 fully saturated rings. The molecule has 2 N–H and O–H groups in total. The van der Waals surface area contributed by atoms with Crippen molar-refractivity contribution in [1.29, 1.82) is 0 Å². The highest BCUT2D eigenvalue weighted by molar-refractivity contribution is 5.85. The van der Waals surface area contributed by atoms with E-state index in [4.69, 9.17) is 4.74 Å². The summed E-state index contributed by atoms with van der Waals surface area (Å²) >= 11 is 0. The van der Waals surface area contributed by atoms with Gasteiger partial charge in [-0.2, -0.15) is 13.2 Å². The second kappa shape index (κ2) is 7.91. The van der Waals surface area contributed by atoms with Gasteiger partial charge < -0.3 is 9.84 Å². The highest BCUT2D eigenvalue weighted by Crippen LogP contribution is 2.53. The maximum absolute atomic E-state index is 13.2. The summed E-state index contributed by atoms with van der Waals surface area (Å²) in [6, 6.07) is 8.23. The fourth-order valence-electron chi connectivity index (χ4n) is 3.70. The molecule has 0 radical (unpaired) electrons. The molecule has 5 nitrogen and oxygen atoms in total. The van der Waals surface area contributed by atoms with Crippen molar-refractivity contribution in [3.05, 3.63) is 59.4 Å². The Balaban J connectivity index is 1.94. The third-order valence-electron chi connectivity index (χ3n) is 5.27. The van der Waals surface area contributed by atoms with Gasteiger partial charge in [-0.05, 0) is 57.4 Å². The van der Waals surface area contributed by atoms with Gasteiger partial charge in [-0.3, -0.25) is 10.3 Å². The molecule has 0 bridgehead atoms. The maximum Gasteiger partial charge on any atom is 0.416 e. The number of aromatic nitrogens is 1. The number of ether oxygens (including phenoxy) is 1. The predicted octanol–water partition coefficient (Wildman–Crippen LogP) is 5.60. The number of halogens is 3. The molecule has 1 aliphatic rings. The van der Waals surface area contributed by atoms with Crippen LogP contribution in [0, 0.1) is 0 Å². The van der Waals surface area contributed by atoms with E-state index in [1.807, 2.05) is 0 Å². The van der Waals surface area contributed by atoms with Gasteiger partial charge in [-0.25, -0.2) is 4.79 Å². The Hall–Kier alpha value is -2.61. The van der Waals surface area contributed by atoms with Crippen LogP contribution in [0.4, 0.5) is 23.7 Å². The van der Waals surface area contributed by atoms with Crippen LogP contribution in [-0.4, -0.2) is 21.8 Å². The first-order valence-corrected chi connectivity index (χ1v) is 9.73. The Kier molecular flexibility index (Phi) is 5.82. The predicted molar refractivity (Wildman–Crippen MR) is 106 cm³/mol. The monoisotopic (exact) mass is 422 g/mol. The average molecular weight is 422 g/mol. The standard InChI is InChI=1S/C22H25F3N2O3/c1-20(2,3)30-19(29)27-16-9-5-12-26-17(16)18(28)21(10-6-11-21)14-7-4-8-15(13-14)22(23,24)25/h4-5,7-9,12-13,18,28H,6,10-11H2,1-3H3,(H,27,29). The van der Waals surface area contributed by atoms with Crippen LogP contribution in [0.2, 0.25) is 0 Å². The molecular weight excluding hydrogens is 397 g/mol. The number of alkyl halides is 3. The Morgan fingerprint density at radius 1 is 1.20 bits per heavy atom. The van der Waals surface area contributed by atoms with E-state index in [2.05, 4.69) is 10.3 Å². The van der Waals surface area contributed by atoms with Crippen molar-refractivity contribution in [2.24, 2.45) is 0 Å². The third-order valence-corrected chi connectivity index (χ3v) is 5.27.